The molecule has 8 heteroatoms. The fourth-order valence-electron chi connectivity index (χ4n) is 3.26. The normalized spacial score (nSPS) is 16.2. The molecule has 28 heavy (non-hydrogen) atoms. The number of benzene rings is 1. The molecule has 2 heterocycles. The fourth-order valence-corrected chi connectivity index (χ4v) is 5.79. The number of amides is 1. The van der Waals surface area contributed by atoms with E-state index < -0.39 is 10.0 Å². The summed E-state index contributed by atoms with van der Waals surface area (Å²) in [6.45, 7) is 7.19. The standard InChI is InChI=1S/C20H27N3O3S2/c1-4-5-18-21-15(3)19(27-18)20(24)22-16-6-8-17(9-7-16)28(25,26)23-12-10-14(2)11-13-23/h6-9,14H,4-5,10-13H2,1-3H3,(H,22,24). The molecule has 3 rings (SSSR count). The van der Waals surface area contributed by atoms with E-state index in [4.69, 9.17) is 0 Å². The molecule has 1 aliphatic rings. The third kappa shape index (κ3) is 4.61. The topological polar surface area (TPSA) is 79.4 Å². The van der Waals surface area contributed by atoms with Crippen LogP contribution in [0.1, 0.15) is 53.5 Å². The van der Waals surface area contributed by atoms with Crippen molar-refractivity contribution >= 4 is 33.0 Å². The van der Waals surface area contributed by atoms with Gasteiger partial charge in [0.1, 0.15) is 4.88 Å². The number of aromatic nitrogens is 1. The van der Waals surface area contributed by atoms with Crippen LogP contribution < -0.4 is 5.32 Å². The maximum absolute atomic E-state index is 12.8. The van der Waals surface area contributed by atoms with Gasteiger partial charge in [-0.2, -0.15) is 4.31 Å². The van der Waals surface area contributed by atoms with Crippen LogP contribution in [0, 0.1) is 12.8 Å². The van der Waals surface area contributed by atoms with Crippen LogP contribution in [0.15, 0.2) is 29.2 Å². The van der Waals surface area contributed by atoms with Crippen molar-refractivity contribution in [3.63, 3.8) is 0 Å². The first kappa shape index (κ1) is 21.0. The minimum Gasteiger partial charge on any atom is -0.321 e. The van der Waals surface area contributed by atoms with Crippen LogP contribution in [0.25, 0.3) is 0 Å². The van der Waals surface area contributed by atoms with Crippen molar-refractivity contribution in [2.45, 2.75) is 51.3 Å². The monoisotopic (exact) mass is 421 g/mol. The van der Waals surface area contributed by atoms with Crippen molar-refractivity contribution in [3.8, 4) is 0 Å². The van der Waals surface area contributed by atoms with Gasteiger partial charge in [-0.25, -0.2) is 13.4 Å². The maximum Gasteiger partial charge on any atom is 0.267 e. The van der Waals surface area contributed by atoms with Gasteiger partial charge in [0.15, 0.2) is 0 Å². The van der Waals surface area contributed by atoms with Crippen molar-refractivity contribution < 1.29 is 13.2 Å². The summed E-state index contributed by atoms with van der Waals surface area (Å²) in [5, 5.41) is 3.80. The predicted molar refractivity (Wildman–Crippen MR) is 112 cm³/mol. The summed E-state index contributed by atoms with van der Waals surface area (Å²) in [5.41, 5.74) is 1.30. The van der Waals surface area contributed by atoms with Crippen LogP contribution in [0.2, 0.25) is 0 Å². The van der Waals surface area contributed by atoms with E-state index in [-0.39, 0.29) is 10.8 Å². The Morgan fingerprint density at radius 2 is 1.89 bits per heavy atom. The van der Waals surface area contributed by atoms with Crippen LogP contribution in [0.3, 0.4) is 0 Å². The van der Waals surface area contributed by atoms with Gasteiger partial charge in [0.05, 0.1) is 15.6 Å². The number of carbonyl (C=O) groups is 1. The highest BCUT2D eigenvalue weighted by molar-refractivity contribution is 7.89. The molecule has 1 N–H and O–H groups in total. The molecular formula is C20H27N3O3S2. The highest BCUT2D eigenvalue weighted by Crippen LogP contribution is 2.25. The molecule has 1 saturated heterocycles. The van der Waals surface area contributed by atoms with Gasteiger partial charge in [0.2, 0.25) is 10.0 Å². The number of thiazole rings is 1. The molecule has 152 valence electrons. The number of rotatable bonds is 6. The van der Waals surface area contributed by atoms with Gasteiger partial charge in [-0.15, -0.1) is 11.3 Å². The lowest BCUT2D eigenvalue weighted by molar-refractivity contribution is 0.103. The van der Waals surface area contributed by atoms with E-state index in [1.54, 1.807) is 28.6 Å². The first-order chi connectivity index (χ1) is 13.3. The summed E-state index contributed by atoms with van der Waals surface area (Å²) in [6, 6.07) is 6.40. The Balaban J connectivity index is 1.70. The second kappa shape index (κ2) is 8.71. The van der Waals surface area contributed by atoms with Gasteiger partial charge >= 0.3 is 0 Å². The minimum absolute atomic E-state index is 0.210. The summed E-state index contributed by atoms with van der Waals surface area (Å²) < 4.78 is 27.1. The van der Waals surface area contributed by atoms with Gasteiger partial charge in [-0.3, -0.25) is 4.79 Å². The van der Waals surface area contributed by atoms with E-state index in [2.05, 4.69) is 24.1 Å². The third-order valence-electron chi connectivity index (χ3n) is 5.00. The molecular weight excluding hydrogens is 394 g/mol. The molecule has 2 aromatic rings. The lowest BCUT2D eigenvalue weighted by atomic mass is 10.0. The molecule has 6 nitrogen and oxygen atoms in total. The molecule has 0 radical (unpaired) electrons. The van der Waals surface area contributed by atoms with Gasteiger partial charge in [0.25, 0.3) is 5.91 Å². The smallest absolute Gasteiger partial charge is 0.267 e. The van der Waals surface area contributed by atoms with Crippen molar-refractivity contribution in [2.75, 3.05) is 18.4 Å². The Bertz CT molecular complexity index is 928. The van der Waals surface area contributed by atoms with E-state index in [1.165, 1.54) is 11.3 Å². The van der Waals surface area contributed by atoms with Crippen LogP contribution in [0.4, 0.5) is 5.69 Å². The number of anilines is 1. The highest BCUT2D eigenvalue weighted by Gasteiger charge is 2.28. The Morgan fingerprint density at radius 1 is 1.25 bits per heavy atom. The minimum atomic E-state index is -3.48. The van der Waals surface area contributed by atoms with Gasteiger partial charge < -0.3 is 5.32 Å². The largest absolute Gasteiger partial charge is 0.321 e. The molecule has 0 spiro atoms. The zero-order chi connectivity index (χ0) is 20.3. The van der Waals surface area contributed by atoms with Crippen LogP contribution in [-0.4, -0.2) is 36.7 Å². The zero-order valence-electron chi connectivity index (χ0n) is 16.6. The van der Waals surface area contributed by atoms with Crippen molar-refractivity contribution in [1.29, 1.82) is 0 Å². The molecule has 1 fully saturated rings. The fraction of sp³-hybridized carbons (Fsp3) is 0.500. The number of carbonyl (C=O) groups excluding carboxylic acids is 1. The molecule has 0 bridgehead atoms. The summed E-state index contributed by atoms with van der Waals surface area (Å²) in [7, 11) is -3.48. The van der Waals surface area contributed by atoms with E-state index in [0.29, 0.717) is 29.6 Å². The molecule has 0 saturated carbocycles. The molecule has 0 atom stereocenters. The second-order valence-electron chi connectivity index (χ2n) is 7.34. The number of hydrogen-bond acceptors (Lipinski definition) is 5. The van der Waals surface area contributed by atoms with Crippen LogP contribution in [-0.2, 0) is 16.4 Å². The number of nitrogens with zero attached hydrogens (tertiary/aromatic N) is 2. The third-order valence-corrected chi connectivity index (χ3v) is 8.13. The first-order valence-electron chi connectivity index (χ1n) is 9.69. The molecule has 1 aromatic heterocycles. The van der Waals surface area contributed by atoms with Gasteiger partial charge in [-0.1, -0.05) is 13.8 Å². The van der Waals surface area contributed by atoms with Crippen LogP contribution >= 0.6 is 11.3 Å². The Morgan fingerprint density at radius 3 is 2.50 bits per heavy atom. The van der Waals surface area contributed by atoms with E-state index in [0.717, 1.165) is 36.4 Å². The molecule has 1 aliphatic heterocycles. The zero-order valence-corrected chi connectivity index (χ0v) is 18.2. The quantitative estimate of drug-likeness (QED) is 0.762. The number of aryl methyl sites for hydroxylation is 2. The SMILES string of the molecule is CCCc1nc(C)c(C(=O)Nc2ccc(S(=O)(=O)N3CCC(C)CC3)cc2)s1. The summed E-state index contributed by atoms with van der Waals surface area (Å²) in [4.78, 5) is 17.8. The molecule has 1 amide bonds. The number of hydrogen-bond donors (Lipinski definition) is 1. The summed E-state index contributed by atoms with van der Waals surface area (Å²) in [6.07, 6.45) is 3.63. The Kier molecular flexibility index (Phi) is 6.52. The number of sulfonamides is 1. The maximum atomic E-state index is 12.8. The van der Waals surface area contributed by atoms with E-state index >= 15 is 0 Å². The average Bonchev–Trinajstić information content (AvgIpc) is 3.03. The van der Waals surface area contributed by atoms with Gasteiger partial charge in [-0.05, 0) is 62.8 Å². The lowest BCUT2D eigenvalue weighted by Crippen LogP contribution is -2.37. The average molecular weight is 422 g/mol. The lowest BCUT2D eigenvalue weighted by Gasteiger charge is -2.29. The molecule has 0 unspecified atom stereocenters. The molecule has 1 aromatic carbocycles. The van der Waals surface area contributed by atoms with E-state index in [1.807, 2.05) is 6.92 Å². The van der Waals surface area contributed by atoms with Crippen molar-refractivity contribution in [2.24, 2.45) is 5.92 Å². The van der Waals surface area contributed by atoms with Gasteiger partial charge in [0, 0.05) is 18.8 Å². The second-order valence-corrected chi connectivity index (χ2v) is 10.4. The van der Waals surface area contributed by atoms with Crippen LogP contribution in [0.5, 0.6) is 0 Å². The number of piperidine rings is 1. The first-order valence-corrected chi connectivity index (χ1v) is 11.9. The predicted octanol–water partition coefficient (Wildman–Crippen LogP) is 4.08. The Hall–Kier alpha value is -1.77. The summed E-state index contributed by atoms with van der Waals surface area (Å²) in [5.74, 6) is 0.357. The highest BCUT2D eigenvalue weighted by atomic mass is 32.2. The number of nitrogens with one attached hydrogen (secondary N) is 1. The summed E-state index contributed by atoms with van der Waals surface area (Å²) >= 11 is 1.41. The molecule has 0 aliphatic carbocycles. The van der Waals surface area contributed by atoms with E-state index in [9.17, 15) is 13.2 Å². The van der Waals surface area contributed by atoms with Crippen molar-refractivity contribution in [1.82, 2.24) is 9.29 Å². The van der Waals surface area contributed by atoms with Crippen molar-refractivity contribution in [3.05, 3.63) is 39.8 Å². The Labute approximate surface area is 171 Å².